The van der Waals surface area contributed by atoms with E-state index in [2.05, 4.69) is 10.3 Å². The largest absolute Gasteiger partial charge is 0.436 e. The van der Waals surface area contributed by atoms with E-state index in [-0.39, 0.29) is 16.3 Å². The SMILES string of the molecule is Cc1cc(C)c2oc(-c3cccc(NC(=O)c4ccc(Cl)c([N+](=O)[O-])c4)c3)nc2c1. The highest BCUT2D eigenvalue weighted by molar-refractivity contribution is 6.32. The Kier molecular flexibility index (Phi) is 4.97. The summed E-state index contributed by atoms with van der Waals surface area (Å²) in [5, 5.41) is 13.8. The number of hydrogen-bond donors (Lipinski definition) is 1. The summed E-state index contributed by atoms with van der Waals surface area (Å²) in [5.41, 5.74) is 4.59. The predicted octanol–water partition coefficient (Wildman–Crippen LogP) is 5.93. The average Bonchev–Trinajstić information content (AvgIpc) is 3.12. The van der Waals surface area contributed by atoms with Crippen molar-refractivity contribution in [3.63, 3.8) is 0 Å². The number of oxazole rings is 1. The topological polar surface area (TPSA) is 98.3 Å². The smallest absolute Gasteiger partial charge is 0.288 e. The zero-order chi connectivity index (χ0) is 21.4. The van der Waals surface area contributed by atoms with Crippen LogP contribution in [0.5, 0.6) is 0 Å². The van der Waals surface area contributed by atoms with E-state index in [4.69, 9.17) is 16.0 Å². The minimum atomic E-state index is -0.628. The molecule has 0 aliphatic carbocycles. The van der Waals surface area contributed by atoms with Gasteiger partial charge in [-0.15, -0.1) is 0 Å². The maximum Gasteiger partial charge on any atom is 0.288 e. The van der Waals surface area contributed by atoms with Gasteiger partial charge in [-0.1, -0.05) is 23.7 Å². The molecule has 3 aromatic carbocycles. The number of nitrogens with one attached hydrogen (secondary N) is 1. The number of aromatic nitrogens is 1. The lowest BCUT2D eigenvalue weighted by Gasteiger charge is -2.07. The summed E-state index contributed by atoms with van der Waals surface area (Å²) in [6.45, 7) is 3.96. The van der Waals surface area contributed by atoms with Crippen LogP contribution in [0.3, 0.4) is 0 Å². The van der Waals surface area contributed by atoms with Crippen molar-refractivity contribution in [2.24, 2.45) is 0 Å². The molecule has 0 radical (unpaired) electrons. The second-order valence-corrected chi connectivity index (χ2v) is 7.31. The molecule has 0 bridgehead atoms. The summed E-state index contributed by atoms with van der Waals surface area (Å²) in [7, 11) is 0. The number of nitro groups is 1. The summed E-state index contributed by atoms with van der Waals surface area (Å²) in [6.07, 6.45) is 0. The second-order valence-electron chi connectivity index (χ2n) is 6.91. The molecule has 0 saturated carbocycles. The summed E-state index contributed by atoms with van der Waals surface area (Å²) in [6, 6.07) is 14.9. The molecule has 0 spiro atoms. The predicted molar refractivity (Wildman–Crippen MR) is 115 cm³/mol. The van der Waals surface area contributed by atoms with Gasteiger partial charge in [0.2, 0.25) is 5.89 Å². The molecule has 150 valence electrons. The van der Waals surface area contributed by atoms with Gasteiger partial charge in [-0.05, 0) is 61.4 Å². The zero-order valence-electron chi connectivity index (χ0n) is 16.1. The van der Waals surface area contributed by atoms with Gasteiger partial charge in [0, 0.05) is 22.9 Å². The highest BCUT2D eigenvalue weighted by Gasteiger charge is 2.17. The Morgan fingerprint density at radius 1 is 1.13 bits per heavy atom. The van der Waals surface area contributed by atoms with E-state index in [1.54, 1.807) is 18.2 Å². The third kappa shape index (κ3) is 3.75. The quantitative estimate of drug-likeness (QED) is 0.325. The van der Waals surface area contributed by atoms with E-state index < -0.39 is 10.8 Å². The van der Waals surface area contributed by atoms with E-state index in [0.29, 0.717) is 17.1 Å². The molecule has 0 aliphatic rings. The highest BCUT2D eigenvalue weighted by Crippen LogP contribution is 2.29. The monoisotopic (exact) mass is 421 g/mol. The number of nitrogens with zero attached hydrogens (tertiary/aromatic N) is 2. The van der Waals surface area contributed by atoms with E-state index in [9.17, 15) is 14.9 Å². The Labute approximate surface area is 176 Å². The Morgan fingerprint density at radius 2 is 1.93 bits per heavy atom. The van der Waals surface area contributed by atoms with Crippen LogP contribution in [-0.4, -0.2) is 15.8 Å². The molecule has 1 N–H and O–H groups in total. The van der Waals surface area contributed by atoms with Crippen molar-refractivity contribution in [1.82, 2.24) is 4.98 Å². The fourth-order valence-corrected chi connectivity index (χ4v) is 3.41. The number of fused-ring (bicyclic) bond motifs is 1. The Bertz CT molecular complexity index is 1310. The van der Waals surface area contributed by atoms with Gasteiger partial charge in [0.05, 0.1) is 4.92 Å². The van der Waals surface area contributed by atoms with E-state index in [1.807, 2.05) is 32.0 Å². The molecular weight excluding hydrogens is 406 g/mol. The molecule has 4 aromatic rings. The Morgan fingerprint density at radius 3 is 2.70 bits per heavy atom. The summed E-state index contributed by atoms with van der Waals surface area (Å²) in [5.74, 6) is -0.0483. The van der Waals surface area contributed by atoms with Crippen molar-refractivity contribution in [1.29, 1.82) is 0 Å². The first-order valence-corrected chi connectivity index (χ1v) is 9.43. The van der Waals surface area contributed by atoms with Gasteiger partial charge < -0.3 is 9.73 Å². The van der Waals surface area contributed by atoms with Crippen LogP contribution in [0.1, 0.15) is 21.5 Å². The van der Waals surface area contributed by atoms with Gasteiger partial charge in [0.25, 0.3) is 11.6 Å². The van der Waals surface area contributed by atoms with E-state index in [0.717, 1.165) is 28.3 Å². The molecule has 1 aromatic heterocycles. The third-order valence-electron chi connectivity index (χ3n) is 4.59. The first-order valence-electron chi connectivity index (χ1n) is 9.05. The fourth-order valence-electron chi connectivity index (χ4n) is 3.23. The first-order chi connectivity index (χ1) is 14.3. The number of rotatable bonds is 4. The van der Waals surface area contributed by atoms with Crippen molar-refractivity contribution in [2.75, 3.05) is 5.32 Å². The second kappa shape index (κ2) is 7.61. The number of hydrogen-bond acceptors (Lipinski definition) is 5. The van der Waals surface area contributed by atoms with Crippen LogP contribution in [0.4, 0.5) is 11.4 Å². The van der Waals surface area contributed by atoms with Crippen LogP contribution < -0.4 is 5.32 Å². The maximum atomic E-state index is 12.6. The van der Waals surface area contributed by atoms with Crippen molar-refractivity contribution in [3.05, 3.63) is 86.4 Å². The van der Waals surface area contributed by atoms with Crippen LogP contribution in [0.25, 0.3) is 22.6 Å². The highest BCUT2D eigenvalue weighted by atomic mass is 35.5. The lowest BCUT2D eigenvalue weighted by atomic mass is 10.1. The molecule has 1 heterocycles. The van der Waals surface area contributed by atoms with Gasteiger partial charge >= 0.3 is 0 Å². The molecular formula is C22H16ClN3O4. The number of amides is 1. The van der Waals surface area contributed by atoms with Crippen LogP contribution >= 0.6 is 11.6 Å². The van der Waals surface area contributed by atoms with Crippen molar-refractivity contribution < 1.29 is 14.1 Å². The van der Waals surface area contributed by atoms with Gasteiger partial charge in [-0.25, -0.2) is 4.98 Å². The van der Waals surface area contributed by atoms with Gasteiger partial charge in [-0.2, -0.15) is 0 Å². The van der Waals surface area contributed by atoms with Crippen LogP contribution in [0, 0.1) is 24.0 Å². The molecule has 1 amide bonds. The molecule has 0 fully saturated rings. The summed E-state index contributed by atoms with van der Waals surface area (Å²) in [4.78, 5) is 27.5. The number of halogens is 1. The summed E-state index contributed by atoms with van der Waals surface area (Å²) < 4.78 is 5.93. The molecule has 0 saturated heterocycles. The molecule has 0 unspecified atom stereocenters. The van der Waals surface area contributed by atoms with Gasteiger partial charge in [0.15, 0.2) is 5.58 Å². The Hall–Kier alpha value is -3.71. The number of carbonyl (C=O) groups excluding carboxylic acids is 1. The number of anilines is 1. The van der Waals surface area contributed by atoms with Gasteiger partial charge in [-0.3, -0.25) is 14.9 Å². The average molecular weight is 422 g/mol. The lowest BCUT2D eigenvalue weighted by molar-refractivity contribution is -0.384. The molecule has 7 nitrogen and oxygen atoms in total. The molecule has 4 rings (SSSR count). The van der Waals surface area contributed by atoms with Crippen molar-refractivity contribution >= 4 is 40.0 Å². The standard InChI is InChI=1S/C22H16ClN3O4/c1-12-8-13(2)20-18(9-12)25-22(30-20)15-4-3-5-16(10-15)24-21(27)14-6-7-17(23)19(11-14)26(28)29/h3-11H,1-2H3,(H,24,27). The van der Waals surface area contributed by atoms with Crippen LogP contribution in [0.15, 0.2) is 59.0 Å². The van der Waals surface area contributed by atoms with Crippen LogP contribution in [-0.2, 0) is 0 Å². The third-order valence-corrected chi connectivity index (χ3v) is 4.91. The maximum absolute atomic E-state index is 12.6. The van der Waals surface area contributed by atoms with E-state index >= 15 is 0 Å². The van der Waals surface area contributed by atoms with Crippen LogP contribution in [0.2, 0.25) is 5.02 Å². The molecule has 0 aliphatic heterocycles. The number of nitro benzene ring substituents is 1. The van der Waals surface area contributed by atoms with Crippen molar-refractivity contribution in [3.8, 4) is 11.5 Å². The number of aryl methyl sites for hydroxylation is 2. The minimum Gasteiger partial charge on any atom is -0.436 e. The normalized spacial score (nSPS) is 10.9. The van der Waals surface area contributed by atoms with Gasteiger partial charge in [0.1, 0.15) is 10.5 Å². The molecule has 8 heteroatoms. The minimum absolute atomic E-state index is 0.0277. The summed E-state index contributed by atoms with van der Waals surface area (Å²) >= 11 is 5.81. The van der Waals surface area contributed by atoms with E-state index in [1.165, 1.54) is 12.1 Å². The molecule has 30 heavy (non-hydrogen) atoms. The lowest BCUT2D eigenvalue weighted by Crippen LogP contribution is -2.12. The zero-order valence-corrected chi connectivity index (χ0v) is 16.9. The number of carbonyl (C=O) groups is 1. The Balaban J connectivity index is 1.63. The molecule has 0 atom stereocenters. The van der Waals surface area contributed by atoms with Crippen molar-refractivity contribution in [2.45, 2.75) is 13.8 Å². The fraction of sp³-hybridized carbons (Fsp3) is 0.0909. The number of benzene rings is 3. The first kappa shape index (κ1) is 19.6.